The molecule has 0 atom stereocenters. The third-order valence-electron chi connectivity index (χ3n) is 2.56. The molecule has 2 N–H and O–H groups in total. The number of anilines is 2. The summed E-state index contributed by atoms with van der Waals surface area (Å²) in [7, 11) is 1.52. The van der Waals surface area contributed by atoms with E-state index in [2.05, 4.69) is 5.32 Å². The molecule has 0 spiro atoms. The van der Waals surface area contributed by atoms with Crippen LogP contribution in [-0.2, 0) is 0 Å². The minimum atomic E-state index is -1.12. The fraction of sp³-hybridized carbons (Fsp3) is 0.154. The summed E-state index contributed by atoms with van der Waals surface area (Å²) in [6, 6.07) is 6.39. The lowest BCUT2D eigenvalue weighted by Gasteiger charge is -2.11. The van der Waals surface area contributed by atoms with Gasteiger partial charge in [0.15, 0.2) is 5.88 Å². The van der Waals surface area contributed by atoms with Crippen molar-refractivity contribution in [2.45, 2.75) is 6.92 Å². The smallest absolute Gasteiger partial charge is 0.371 e. The molecule has 1 aromatic carbocycles. The Morgan fingerprint density at radius 3 is 2.74 bits per heavy atom. The van der Waals surface area contributed by atoms with Crippen LogP contribution in [0.2, 0.25) is 5.02 Å². The molecule has 1 heterocycles. The molecule has 2 rings (SSSR count). The van der Waals surface area contributed by atoms with Gasteiger partial charge < -0.3 is 19.6 Å². The molecule has 0 aliphatic heterocycles. The van der Waals surface area contributed by atoms with Crippen molar-refractivity contribution in [2.24, 2.45) is 0 Å². The molecule has 0 saturated carbocycles. The number of hydrogen-bond donors (Lipinski definition) is 2. The molecule has 2 aromatic rings. The van der Waals surface area contributed by atoms with E-state index in [1.165, 1.54) is 19.2 Å². The summed E-state index contributed by atoms with van der Waals surface area (Å²) in [5.74, 6) is -0.388. The van der Waals surface area contributed by atoms with Crippen LogP contribution in [0.25, 0.3) is 0 Å². The summed E-state index contributed by atoms with van der Waals surface area (Å²) in [5, 5.41) is 12.3. The normalized spacial score (nSPS) is 10.3. The van der Waals surface area contributed by atoms with Crippen molar-refractivity contribution in [3.05, 3.63) is 40.6 Å². The van der Waals surface area contributed by atoms with Crippen molar-refractivity contribution in [2.75, 3.05) is 12.4 Å². The average molecular weight is 282 g/mol. The van der Waals surface area contributed by atoms with Gasteiger partial charge in [0.25, 0.3) is 0 Å². The monoisotopic (exact) mass is 281 g/mol. The molecule has 5 nitrogen and oxygen atoms in total. The Morgan fingerprint density at radius 2 is 2.16 bits per heavy atom. The minimum absolute atomic E-state index is 0.132. The third-order valence-corrected chi connectivity index (χ3v) is 2.96. The van der Waals surface area contributed by atoms with E-state index in [1.54, 1.807) is 12.1 Å². The summed E-state index contributed by atoms with van der Waals surface area (Å²) >= 11 is 6.00. The van der Waals surface area contributed by atoms with Gasteiger partial charge in [-0.25, -0.2) is 4.79 Å². The Kier molecular flexibility index (Phi) is 3.66. The molecule has 1 aromatic heterocycles. The van der Waals surface area contributed by atoms with Crippen LogP contribution in [0.15, 0.2) is 28.7 Å². The van der Waals surface area contributed by atoms with E-state index in [9.17, 15) is 4.79 Å². The van der Waals surface area contributed by atoms with E-state index in [0.29, 0.717) is 22.3 Å². The van der Waals surface area contributed by atoms with Gasteiger partial charge in [-0.1, -0.05) is 11.6 Å². The number of rotatable bonds is 4. The molecular weight excluding hydrogens is 270 g/mol. The number of carboxylic acid groups (broad SMARTS) is 1. The van der Waals surface area contributed by atoms with Crippen molar-refractivity contribution in [1.29, 1.82) is 0 Å². The summed E-state index contributed by atoms with van der Waals surface area (Å²) < 4.78 is 10.3. The first kappa shape index (κ1) is 13.3. The number of aromatic carboxylic acids is 1. The highest BCUT2D eigenvalue weighted by molar-refractivity contribution is 6.31. The molecule has 19 heavy (non-hydrogen) atoms. The molecule has 0 aliphatic rings. The average Bonchev–Trinajstić information content (AvgIpc) is 2.82. The highest BCUT2D eigenvalue weighted by atomic mass is 35.5. The second-order valence-corrected chi connectivity index (χ2v) is 4.30. The van der Waals surface area contributed by atoms with Crippen molar-refractivity contribution in [3.8, 4) is 5.75 Å². The second-order valence-electron chi connectivity index (χ2n) is 3.90. The number of nitrogens with one attached hydrogen (secondary N) is 1. The number of benzene rings is 1. The Morgan fingerprint density at radius 1 is 1.42 bits per heavy atom. The van der Waals surface area contributed by atoms with E-state index < -0.39 is 5.97 Å². The maximum absolute atomic E-state index is 10.7. The zero-order valence-electron chi connectivity index (χ0n) is 10.4. The SMILES string of the molecule is COc1cc(Cl)c(C)cc1Nc1ccc(C(=O)O)o1. The van der Waals surface area contributed by atoms with Crippen LogP contribution in [0.3, 0.4) is 0 Å². The summed E-state index contributed by atoms with van der Waals surface area (Å²) in [5.41, 5.74) is 1.52. The Labute approximate surface area is 114 Å². The van der Waals surface area contributed by atoms with Gasteiger partial charge in [0, 0.05) is 17.2 Å². The molecular formula is C13H12ClNO4. The lowest BCUT2D eigenvalue weighted by atomic mass is 10.2. The number of ether oxygens (including phenoxy) is 1. The van der Waals surface area contributed by atoms with Crippen LogP contribution < -0.4 is 10.1 Å². The van der Waals surface area contributed by atoms with E-state index in [-0.39, 0.29) is 5.76 Å². The van der Waals surface area contributed by atoms with Crippen molar-refractivity contribution < 1.29 is 19.1 Å². The van der Waals surface area contributed by atoms with Gasteiger partial charge >= 0.3 is 5.97 Å². The minimum Gasteiger partial charge on any atom is -0.495 e. The van der Waals surface area contributed by atoms with Crippen LogP contribution >= 0.6 is 11.6 Å². The number of hydrogen-bond acceptors (Lipinski definition) is 4. The zero-order valence-corrected chi connectivity index (χ0v) is 11.1. The van der Waals surface area contributed by atoms with Gasteiger partial charge in [-0.05, 0) is 24.6 Å². The molecule has 0 saturated heterocycles. The van der Waals surface area contributed by atoms with Gasteiger partial charge in [0.05, 0.1) is 12.8 Å². The zero-order chi connectivity index (χ0) is 14.0. The lowest BCUT2D eigenvalue weighted by Crippen LogP contribution is -1.95. The van der Waals surface area contributed by atoms with Crippen LogP contribution in [0, 0.1) is 6.92 Å². The molecule has 0 unspecified atom stereocenters. The van der Waals surface area contributed by atoms with Gasteiger partial charge in [-0.15, -0.1) is 0 Å². The first-order chi connectivity index (χ1) is 9.01. The molecule has 0 fully saturated rings. The van der Waals surface area contributed by atoms with Gasteiger partial charge in [-0.3, -0.25) is 0 Å². The highest BCUT2D eigenvalue weighted by Gasteiger charge is 2.12. The van der Waals surface area contributed by atoms with Crippen LogP contribution in [0.4, 0.5) is 11.6 Å². The largest absolute Gasteiger partial charge is 0.495 e. The van der Waals surface area contributed by atoms with Gasteiger partial charge in [0.2, 0.25) is 5.76 Å². The van der Waals surface area contributed by atoms with Crippen molar-refractivity contribution in [1.82, 2.24) is 0 Å². The summed E-state index contributed by atoms with van der Waals surface area (Å²) in [6.07, 6.45) is 0. The molecule has 0 amide bonds. The lowest BCUT2D eigenvalue weighted by molar-refractivity contribution is 0.0663. The molecule has 6 heteroatoms. The van der Waals surface area contributed by atoms with Crippen LogP contribution in [0.5, 0.6) is 5.75 Å². The fourth-order valence-corrected chi connectivity index (χ4v) is 1.74. The van der Waals surface area contributed by atoms with Crippen LogP contribution in [-0.4, -0.2) is 18.2 Å². The second kappa shape index (κ2) is 5.24. The Balaban J connectivity index is 2.31. The third kappa shape index (κ3) is 2.82. The van der Waals surface area contributed by atoms with Crippen molar-refractivity contribution in [3.63, 3.8) is 0 Å². The number of carboxylic acids is 1. The van der Waals surface area contributed by atoms with E-state index in [1.807, 2.05) is 6.92 Å². The summed E-state index contributed by atoms with van der Waals surface area (Å²) in [6.45, 7) is 1.86. The molecule has 0 bridgehead atoms. The predicted octanol–water partition coefficient (Wildman–Crippen LogP) is 3.69. The Hall–Kier alpha value is -2.14. The van der Waals surface area contributed by atoms with Gasteiger partial charge in [0.1, 0.15) is 5.75 Å². The topological polar surface area (TPSA) is 71.7 Å². The maximum Gasteiger partial charge on any atom is 0.371 e. The highest BCUT2D eigenvalue weighted by Crippen LogP contribution is 2.33. The van der Waals surface area contributed by atoms with Crippen molar-refractivity contribution >= 4 is 29.1 Å². The quantitative estimate of drug-likeness (QED) is 0.894. The van der Waals surface area contributed by atoms with Crippen LogP contribution in [0.1, 0.15) is 16.1 Å². The molecule has 100 valence electrons. The number of halogens is 1. The van der Waals surface area contributed by atoms with E-state index in [0.717, 1.165) is 5.56 Å². The van der Waals surface area contributed by atoms with Gasteiger partial charge in [-0.2, -0.15) is 0 Å². The molecule has 0 radical (unpaired) electrons. The number of furan rings is 1. The number of methoxy groups -OCH3 is 1. The Bertz CT molecular complexity index is 621. The van der Waals surface area contributed by atoms with E-state index in [4.69, 9.17) is 25.9 Å². The standard InChI is InChI=1S/C13H12ClNO4/c1-7-5-9(11(18-2)6-8(7)14)15-12-4-3-10(19-12)13(16)17/h3-6,15H,1-2H3,(H,16,17). The fourth-order valence-electron chi connectivity index (χ4n) is 1.58. The van der Waals surface area contributed by atoms with E-state index >= 15 is 0 Å². The number of aryl methyl sites for hydroxylation is 1. The number of carbonyl (C=O) groups is 1. The maximum atomic E-state index is 10.7. The predicted molar refractivity (Wildman–Crippen MR) is 71.7 cm³/mol. The first-order valence-electron chi connectivity index (χ1n) is 5.45. The summed E-state index contributed by atoms with van der Waals surface area (Å²) in [4.78, 5) is 10.7. The first-order valence-corrected chi connectivity index (χ1v) is 5.83. The molecule has 0 aliphatic carbocycles.